The molecule has 3 aliphatic rings. The molecule has 2 saturated carbocycles. The Bertz CT molecular complexity index is 1860. The molecule has 60 heavy (non-hydrogen) atoms. The minimum Gasteiger partial charge on any atom is -0.467 e. The van der Waals surface area contributed by atoms with Gasteiger partial charge < -0.3 is 35.4 Å². The number of carbonyl (C=O) groups excluding carboxylic acids is 4. The van der Waals surface area contributed by atoms with Crippen molar-refractivity contribution in [2.45, 2.75) is 148 Å². The van der Waals surface area contributed by atoms with Gasteiger partial charge in [-0.25, -0.2) is 4.79 Å². The van der Waals surface area contributed by atoms with Crippen LogP contribution in [0.5, 0.6) is 0 Å². The molecule has 14 heteroatoms. The summed E-state index contributed by atoms with van der Waals surface area (Å²) in [6.45, 7) is 16.8. The third-order valence-electron chi connectivity index (χ3n) is 13.1. The lowest BCUT2D eigenvalue weighted by Crippen LogP contribution is -2.54. The highest BCUT2D eigenvalue weighted by molar-refractivity contribution is 6.02. The molecule has 2 fully saturated rings. The summed E-state index contributed by atoms with van der Waals surface area (Å²) in [5.41, 5.74) is 0.909. The third kappa shape index (κ3) is 11.2. The number of nitrogens with zero attached hydrogens (tertiary/aromatic N) is 3. The summed E-state index contributed by atoms with van der Waals surface area (Å²) >= 11 is 0. The van der Waals surface area contributed by atoms with Crippen molar-refractivity contribution in [1.29, 1.82) is 0 Å². The van der Waals surface area contributed by atoms with Crippen molar-refractivity contribution in [3.05, 3.63) is 71.6 Å². The molecule has 330 valence electrons. The van der Waals surface area contributed by atoms with E-state index in [1.807, 2.05) is 57.2 Å². The van der Waals surface area contributed by atoms with E-state index in [4.69, 9.17) is 9.47 Å². The van der Waals surface area contributed by atoms with Gasteiger partial charge >= 0.3 is 5.97 Å². The second-order valence-corrected chi connectivity index (χ2v) is 18.5. The van der Waals surface area contributed by atoms with Crippen LogP contribution in [0.4, 0.5) is 0 Å². The fourth-order valence-electron chi connectivity index (χ4n) is 9.45. The zero-order valence-electron chi connectivity index (χ0n) is 36.4. The number of aromatic nitrogens is 3. The number of aliphatic hydroxyl groups excluding tert-OH is 2. The Morgan fingerprint density at radius 3 is 2.50 bits per heavy atom. The van der Waals surface area contributed by atoms with E-state index in [1.165, 1.54) is 7.11 Å². The third-order valence-corrected chi connectivity index (χ3v) is 13.1. The first-order valence-electron chi connectivity index (χ1n) is 21.6. The number of nitrogens with one attached hydrogen (secondary N) is 2. The number of esters is 1. The summed E-state index contributed by atoms with van der Waals surface area (Å²) in [6, 6.07) is 7.37. The van der Waals surface area contributed by atoms with Crippen LogP contribution in [-0.4, -0.2) is 97.0 Å². The topological polar surface area (TPSA) is 202 Å². The first kappa shape index (κ1) is 46.8. The van der Waals surface area contributed by atoms with Gasteiger partial charge in [-0.3, -0.25) is 19.1 Å². The van der Waals surface area contributed by atoms with Crippen LogP contribution in [0.1, 0.15) is 104 Å². The van der Waals surface area contributed by atoms with Crippen molar-refractivity contribution in [1.82, 2.24) is 25.6 Å². The Labute approximate surface area is 354 Å². The number of rotatable bonds is 18. The number of aryl methyl sites for hydroxylation is 1. The van der Waals surface area contributed by atoms with Crippen LogP contribution in [-0.2, 0) is 48.2 Å². The average molecular weight is 834 g/mol. The van der Waals surface area contributed by atoms with E-state index in [0.717, 1.165) is 17.6 Å². The van der Waals surface area contributed by atoms with Crippen LogP contribution < -0.4 is 10.6 Å². The van der Waals surface area contributed by atoms with E-state index >= 15 is 0 Å². The lowest BCUT2D eigenvalue weighted by molar-refractivity contribution is -0.148. The first-order valence-corrected chi connectivity index (χ1v) is 21.6. The van der Waals surface area contributed by atoms with Gasteiger partial charge in [0.25, 0.3) is 5.91 Å². The quantitative estimate of drug-likeness (QED) is 0.0810. The molecule has 0 radical (unpaired) electrons. The zero-order valence-corrected chi connectivity index (χ0v) is 36.4. The molecule has 0 unspecified atom stereocenters. The van der Waals surface area contributed by atoms with Gasteiger partial charge in [0.2, 0.25) is 5.91 Å². The number of amides is 2. The molecule has 5 rings (SSSR count). The summed E-state index contributed by atoms with van der Waals surface area (Å²) in [6.07, 6.45) is 4.77. The molecule has 14 nitrogen and oxygen atoms in total. The molecule has 0 aliphatic heterocycles. The van der Waals surface area contributed by atoms with E-state index in [0.29, 0.717) is 55.8 Å². The fourth-order valence-corrected chi connectivity index (χ4v) is 9.45. The lowest BCUT2D eigenvalue weighted by Gasteiger charge is -2.37. The second-order valence-electron chi connectivity index (χ2n) is 18.5. The van der Waals surface area contributed by atoms with Gasteiger partial charge in [0, 0.05) is 13.0 Å². The molecule has 1 heterocycles. The molecule has 0 bridgehead atoms. The predicted molar refractivity (Wildman–Crippen MR) is 225 cm³/mol. The number of allylic oxidation sites excluding steroid dienone is 1. The number of hydrogen-bond donors (Lipinski definition) is 5. The van der Waals surface area contributed by atoms with E-state index < -0.39 is 53.8 Å². The van der Waals surface area contributed by atoms with Gasteiger partial charge in [0.05, 0.1) is 44.1 Å². The van der Waals surface area contributed by atoms with Gasteiger partial charge in [0.15, 0.2) is 11.9 Å². The van der Waals surface area contributed by atoms with Gasteiger partial charge in [-0.05, 0) is 97.7 Å². The molecule has 3 aliphatic carbocycles. The largest absolute Gasteiger partial charge is 0.467 e. The smallest absolute Gasteiger partial charge is 0.328 e. The SMILES string of the molecule is C=C1CC[C@H]2[C@@H](/C=C(\C)C(=O)[C@@]3(O)C[C@H](C)[C@H](O)[C@@H]3[C@H]1OCc1cn(CCCCCC(=O)N[C@H](Cc3ccccc3)[C@H](O)C(=O)N[C@@H](CC(C)C)C(=O)OC)nn1)C2(C)C. The van der Waals surface area contributed by atoms with Crippen molar-refractivity contribution in [2.24, 2.45) is 35.0 Å². The molecule has 10 atom stereocenters. The summed E-state index contributed by atoms with van der Waals surface area (Å²) in [5, 5.41) is 48.6. The van der Waals surface area contributed by atoms with Crippen molar-refractivity contribution in [3.8, 4) is 0 Å². The summed E-state index contributed by atoms with van der Waals surface area (Å²) in [4.78, 5) is 52.5. The summed E-state index contributed by atoms with van der Waals surface area (Å²) in [7, 11) is 1.24. The first-order chi connectivity index (χ1) is 28.4. The number of carbonyl (C=O) groups is 4. The Morgan fingerprint density at radius 2 is 1.82 bits per heavy atom. The van der Waals surface area contributed by atoms with E-state index in [-0.39, 0.29) is 60.7 Å². The van der Waals surface area contributed by atoms with E-state index in [9.17, 15) is 34.5 Å². The van der Waals surface area contributed by atoms with Crippen LogP contribution in [0, 0.1) is 35.0 Å². The minimum atomic E-state index is -1.79. The molecular weight excluding hydrogens is 767 g/mol. The number of aliphatic hydroxyl groups is 3. The van der Waals surface area contributed by atoms with Crippen molar-refractivity contribution >= 4 is 23.6 Å². The Morgan fingerprint density at radius 1 is 1.10 bits per heavy atom. The Hall–Kier alpha value is -4.24. The number of benzene rings is 1. The van der Waals surface area contributed by atoms with Crippen LogP contribution in [0.15, 0.2) is 60.3 Å². The molecule has 2 aromatic rings. The van der Waals surface area contributed by atoms with E-state index in [2.05, 4.69) is 41.4 Å². The molecule has 0 spiro atoms. The molecule has 0 saturated heterocycles. The predicted octanol–water partition coefficient (Wildman–Crippen LogP) is 4.40. The maximum absolute atomic E-state index is 13.9. The maximum Gasteiger partial charge on any atom is 0.328 e. The fraction of sp³-hybridized carbons (Fsp3) is 0.652. The van der Waals surface area contributed by atoms with E-state index in [1.54, 1.807) is 17.8 Å². The molecular formula is C46H67N5O9. The molecule has 1 aromatic heterocycles. The Kier molecular flexibility index (Phi) is 15.7. The number of methoxy groups -OCH3 is 1. The van der Waals surface area contributed by atoms with Gasteiger partial charge in [-0.15, -0.1) is 5.10 Å². The highest BCUT2D eigenvalue weighted by Gasteiger charge is 2.61. The number of ether oxygens (including phenoxy) is 2. The summed E-state index contributed by atoms with van der Waals surface area (Å²) < 4.78 is 13.0. The minimum absolute atomic E-state index is 0.0488. The average Bonchev–Trinajstić information content (AvgIpc) is 3.43. The van der Waals surface area contributed by atoms with Crippen molar-refractivity contribution < 1.29 is 44.0 Å². The molecule has 5 N–H and O–H groups in total. The second kappa shape index (κ2) is 20.1. The highest BCUT2D eigenvalue weighted by Crippen LogP contribution is 2.62. The van der Waals surface area contributed by atoms with Crippen LogP contribution in [0.25, 0.3) is 0 Å². The highest BCUT2D eigenvalue weighted by atomic mass is 16.5. The van der Waals surface area contributed by atoms with Gasteiger partial charge in [-0.2, -0.15) is 0 Å². The Balaban J connectivity index is 1.14. The standard InChI is InChI=1S/C46H67N5O9/c1-27(2)21-36(44(57)59-8)48-43(56)40(54)35(23-31-15-11-9-12-16-31)47-37(52)17-13-10-14-20-51-25-32(49-50-51)26-60-41-28(3)18-19-33-34(45(33,6)7)22-29(4)42(55)46(58)24-30(5)39(53)38(41)46/h9,11-12,15-16,22,25,27,30,33-36,38-41,53-54,58H,3,10,13-14,17-21,23-24,26H2,1-2,4-8H3,(H,47,52)(H,48,56)/b29-22+/t30-,33-,34+,35+,36-,38+,39-,40-,41-,46+/m0/s1. The molecule has 1 aromatic carbocycles. The van der Waals surface area contributed by atoms with Crippen LogP contribution >= 0.6 is 0 Å². The maximum atomic E-state index is 13.9. The lowest BCUT2D eigenvalue weighted by atomic mass is 9.77. The number of ketones is 1. The number of Topliss-reactive ketones (excluding diaryl/α,β-unsaturated/α-hetero) is 1. The van der Waals surface area contributed by atoms with Crippen LogP contribution in [0.3, 0.4) is 0 Å². The van der Waals surface area contributed by atoms with Crippen molar-refractivity contribution in [3.63, 3.8) is 0 Å². The van der Waals surface area contributed by atoms with Crippen LogP contribution in [0.2, 0.25) is 0 Å². The van der Waals surface area contributed by atoms with Gasteiger partial charge in [0.1, 0.15) is 17.3 Å². The molecule has 2 amide bonds. The zero-order chi connectivity index (χ0) is 43.9. The van der Waals surface area contributed by atoms with Crippen molar-refractivity contribution in [2.75, 3.05) is 7.11 Å². The normalized spacial score (nSPS) is 28.6. The monoisotopic (exact) mass is 833 g/mol. The number of fused-ring (bicyclic) bond motifs is 2. The number of hydrogen-bond acceptors (Lipinski definition) is 11. The van der Waals surface area contributed by atoms with Gasteiger partial charge in [-0.1, -0.05) is 89.2 Å². The number of unbranched alkanes of at least 4 members (excludes halogenated alkanes) is 2. The summed E-state index contributed by atoms with van der Waals surface area (Å²) in [5.74, 6) is -2.53.